The van der Waals surface area contributed by atoms with Crippen molar-refractivity contribution >= 4 is 50.7 Å². The molecule has 0 spiro atoms. The minimum absolute atomic E-state index is 0.0264. The van der Waals surface area contributed by atoms with Gasteiger partial charge < -0.3 is 19.7 Å². The Kier molecular flexibility index (Phi) is 12.1. The second-order valence-corrected chi connectivity index (χ2v) is 12.6. The Labute approximate surface area is 263 Å². The number of halogens is 2. The van der Waals surface area contributed by atoms with Gasteiger partial charge in [0.25, 0.3) is 10.0 Å². The van der Waals surface area contributed by atoms with Crippen LogP contribution in [0.25, 0.3) is 0 Å². The summed E-state index contributed by atoms with van der Waals surface area (Å²) in [5.74, 6) is -0.407. The first-order valence-corrected chi connectivity index (χ1v) is 16.0. The van der Waals surface area contributed by atoms with Crippen molar-refractivity contribution in [2.24, 2.45) is 0 Å². The summed E-state index contributed by atoms with van der Waals surface area (Å²) in [6.07, 6.45) is 0.963. The normalized spacial score (nSPS) is 12.6. The topological polar surface area (TPSA) is 105 Å². The molecule has 2 amide bonds. The molecule has 0 bridgehead atoms. The van der Waals surface area contributed by atoms with Gasteiger partial charge in [-0.15, -0.1) is 0 Å². The Morgan fingerprint density at radius 2 is 1.63 bits per heavy atom. The average Bonchev–Trinajstić information content (AvgIpc) is 3.00. The monoisotopic (exact) mass is 649 g/mol. The van der Waals surface area contributed by atoms with Crippen LogP contribution < -0.4 is 19.1 Å². The first kappa shape index (κ1) is 34.0. The molecular weight excluding hydrogens is 613 g/mol. The van der Waals surface area contributed by atoms with Gasteiger partial charge in [-0.1, -0.05) is 61.3 Å². The second-order valence-electron chi connectivity index (χ2n) is 9.86. The van der Waals surface area contributed by atoms with Crippen molar-refractivity contribution in [3.8, 4) is 11.5 Å². The molecule has 12 heteroatoms. The molecule has 232 valence electrons. The largest absolute Gasteiger partial charge is 0.497 e. The molecule has 0 radical (unpaired) electrons. The van der Waals surface area contributed by atoms with Gasteiger partial charge in [-0.05, 0) is 61.7 Å². The van der Waals surface area contributed by atoms with Crippen molar-refractivity contribution < 1.29 is 27.5 Å². The molecule has 0 heterocycles. The van der Waals surface area contributed by atoms with Gasteiger partial charge in [-0.2, -0.15) is 0 Å². The quantitative estimate of drug-likeness (QED) is 0.232. The lowest BCUT2D eigenvalue weighted by Crippen LogP contribution is -2.53. The number of carbonyl (C=O) groups excluding carboxylic acids is 2. The molecule has 9 nitrogen and oxygen atoms in total. The highest BCUT2D eigenvalue weighted by Gasteiger charge is 2.35. The number of amides is 2. The summed E-state index contributed by atoms with van der Waals surface area (Å²) in [6, 6.07) is 16.3. The van der Waals surface area contributed by atoms with E-state index in [9.17, 15) is 18.0 Å². The van der Waals surface area contributed by atoms with E-state index >= 15 is 0 Å². The van der Waals surface area contributed by atoms with Gasteiger partial charge >= 0.3 is 0 Å². The third kappa shape index (κ3) is 8.34. The Bertz CT molecular complexity index is 1520. The summed E-state index contributed by atoms with van der Waals surface area (Å²) in [7, 11) is -1.44. The molecule has 0 aliphatic carbocycles. The summed E-state index contributed by atoms with van der Waals surface area (Å²) >= 11 is 12.6. The molecule has 3 aromatic rings. The minimum atomic E-state index is -4.30. The highest BCUT2D eigenvalue weighted by atomic mass is 35.5. The maximum absolute atomic E-state index is 14.3. The predicted octanol–water partition coefficient (Wildman–Crippen LogP) is 5.93. The van der Waals surface area contributed by atoms with E-state index in [2.05, 4.69) is 5.32 Å². The van der Waals surface area contributed by atoms with E-state index < -0.39 is 28.5 Å². The molecule has 0 unspecified atom stereocenters. The fraction of sp³-hybridized carbons (Fsp3) is 0.355. The molecule has 3 rings (SSSR count). The molecule has 2 atom stereocenters. The fourth-order valence-electron chi connectivity index (χ4n) is 4.42. The van der Waals surface area contributed by atoms with Crippen molar-refractivity contribution in [1.82, 2.24) is 10.2 Å². The maximum atomic E-state index is 14.3. The van der Waals surface area contributed by atoms with Crippen LogP contribution in [0.1, 0.15) is 39.2 Å². The predicted molar refractivity (Wildman–Crippen MR) is 170 cm³/mol. The molecule has 3 aromatic carbocycles. The Morgan fingerprint density at radius 3 is 2.21 bits per heavy atom. The van der Waals surface area contributed by atoms with Crippen LogP contribution in [0.5, 0.6) is 11.5 Å². The number of methoxy groups -OCH3 is 2. The Balaban J connectivity index is 2.16. The lowest BCUT2D eigenvalue weighted by Gasteiger charge is -2.34. The summed E-state index contributed by atoms with van der Waals surface area (Å²) < 4.78 is 40.1. The third-order valence-corrected chi connectivity index (χ3v) is 9.37. The lowest BCUT2D eigenvalue weighted by atomic mass is 10.1. The molecule has 0 saturated heterocycles. The van der Waals surface area contributed by atoms with Gasteiger partial charge in [0.15, 0.2) is 0 Å². The SMILES string of the molecule is CC[C@@H](C)NC(=O)[C@H](CC)N(Cc1ccc(Cl)cc1Cl)C(=O)CN(c1cc(OC)ccc1OC)S(=O)(=O)c1ccccc1. The first-order valence-electron chi connectivity index (χ1n) is 13.8. The van der Waals surface area contributed by atoms with E-state index in [1.807, 2.05) is 13.8 Å². The average molecular weight is 651 g/mol. The number of anilines is 1. The number of hydrogen-bond acceptors (Lipinski definition) is 6. The summed E-state index contributed by atoms with van der Waals surface area (Å²) in [5, 5.41) is 3.67. The standard InChI is InChI=1S/C31H37Cl2N3O6S/c1-6-21(3)34-31(38)27(7-2)35(19-22-13-14-23(32)17-26(22)33)30(37)20-36(43(39,40)25-11-9-8-10-12-25)28-18-24(41-4)15-16-29(28)42-5/h8-18,21,27H,6-7,19-20H2,1-5H3,(H,34,38)/t21-,27+/m1/s1. The van der Waals surface area contributed by atoms with E-state index in [0.717, 1.165) is 4.31 Å². The van der Waals surface area contributed by atoms with Crippen molar-refractivity contribution in [2.45, 2.75) is 57.1 Å². The molecule has 1 N–H and O–H groups in total. The van der Waals surface area contributed by atoms with Crippen molar-refractivity contribution in [3.63, 3.8) is 0 Å². The van der Waals surface area contributed by atoms with Gasteiger partial charge in [0.2, 0.25) is 11.8 Å². The number of nitrogens with zero attached hydrogens (tertiary/aromatic N) is 2. The van der Waals surface area contributed by atoms with Crippen LogP contribution in [0.15, 0.2) is 71.6 Å². The Morgan fingerprint density at radius 1 is 0.930 bits per heavy atom. The summed E-state index contributed by atoms with van der Waals surface area (Å²) in [5.41, 5.74) is 0.645. The van der Waals surface area contributed by atoms with Gasteiger partial charge in [-0.25, -0.2) is 8.42 Å². The van der Waals surface area contributed by atoms with Gasteiger partial charge in [-0.3, -0.25) is 13.9 Å². The number of benzene rings is 3. The molecule has 43 heavy (non-hydrogen) atoms. The minimum Gasteiger partial charge on any atom is -0.497 e. The van der Waals surface area contributed by atoms with Crippen LogP contribution in [0, 0.1) is 0 Å². The van der Waals surface area contributed by atoms with E-state index in [0.29, 0.717) is 27.8 Å². The Hall–Kier alpha value is -3.47. The van der Waals surface area contributed by atoms with E-state index in [1.165, 1.54) is 37.3 Å². The first-order chi connectivity index (χ1) is 20.5. The van der Waals surface area contributed by atoms with Crippen molar-refractivity contribution in [3.05, 3.63) is 82.3 Å². The smallest absolute Gasteiger partial charge is 0.264 e. The van der Waals surface area contributed by atoms with Crippen molar-refractivity contribution in [2.75, 3.05) is 25.1 Å². The molecule has 0 aliphatic heterocycles. The van der Waals surface area contributed by atoms with Crippen LogP contribution in [-0.4, -0.2) is 58.0 Å². The van der Waals surface area contributed by atoms with Crippen LogP contribution in [0.3, 0.4) is 0 Å². The molecule has 0 saturated carbocycles. The zero-order valence-electron chi connectivity index (χ0n) is 24.8. The molecule has 0 fully saturated rings. The highest BCUT2D eigenvalue weighted by molar-refractivity contribution is 7.92. The number of rotatable bonds is 14. The highest BCUT2D eigenvalue weighted by Crippen LogP contribution is 2.36. The number of nitrogens with one attached hydrogen (secondary N) is 1. The van der Waals surface area contributed by atoms with E-state index in [4.69, 9.17) is 32.7 Å². The van der Waals surface area contributed by atoms with Crippen LogP contribution in [-0.2, 0) is 26.2 Å². The number of carbonyl (C=O) groups is 2. The van der Waals surface area contributed by atoms with Crippen molar-refractivity contribution in [1.29, 1.82) is 0 Å². The second kappa shape index (κ2) is 15.3. The number of hydrogen-bond donors (Lipinski definition) is 1. The molecular formula is C31H37Cl2N3O6S. The lowest BCUT2D eigenvalue weighted by molar-refractivity contribution is -0.140. The zero-order chi connectivity index (χ0) is 31.7. The van der Waals surface area contributed by atoms with Gasteiger partial charge in [0.1, 0.15) is 24.1 Å². The zero-order valence-corrected chi connectivity index (χ0v) is 27.2. The van der Waals surface area contributed by atoms with E-state index in [1.54, 1.807) is 55.5 Å². The van der Waals surface area contributed by atoms with Crippen LogP contribution in [0.4, 0.5) is 5.69 Å². The summed E-state index contributed by atoms with van der Waals surface area (Å²) in [6.45, 7) is 4.90. The maximum Gasteiger partial charge on any atom is 0.264 e. The fourth-order valence-corrected chi connectivity index (χ4v) is 6.32. The molecule has 0 aliphatic rings. The third-order valence-electron chi connectivity index (χ3n) is 7.01. The van der Waals surface area contributed by atoms with Crippen LogP contribution >= 0.6 is 23.2 Å². The number of sulfonamides is 1. The molecule has 0 aromatic heterocycles. The van der Waals surface area contributed by atoms with Gasteiger partial charge in [0, 0.05) is 28.7 Å². The van der Waals surface area contributed by atoms with Gasteiger partial charge in [0.05, 0.1) is 24.8 Å². The summed E-state index contributed by atoms with van der Waals surface area (Å²) in [4.78, 5) is 29.1. The van der Waals surface area contributed by atoms with Crippen LogP contribution in [0.2, 0.25) is 10.0 Å². The number of ether oxygens (including phenoxy) is 2. The van der Waals surface area contributed by atoms with E-state index in [-0.39, 0.29) is 41.2 Å².